The Hall–Kier alpha value is -2.44. The van der Waals surface area contributed by atoms with Crippen LogP contribution in [0.1, 0.15) is 32.2 Å². The summed E-state index contributed by atoms with van der Waals surface area (Å²) in [7, 11) is -1.80. The minimum Gasteiger partial charge on any atom is -0.561 e. The van der Waals surface area contributed by atoms with E-state index in [1.807, 2.05) is 19.2 Å². The van der Waals surface area contributed by atoms with Gasteiger partial charge in [-0.1, -0.05) is 32.9 Å². The summed E-state index contributed by atoms with van der Waals surface area (Å²) in [4.78, 5) is 15.7. The lowest BCUT2D eigenvalue weighted by molar-refractivity contribution is 0.277. The molecule has 5 nitrogen and oxygen atoms in total. The lowest BCUT2D eigenvalue weighted by atomic mass is 10.1. The van der Waals surface area contributed by atoms with Gasteiger partial charge in [0.1, 0.15) is 5.82 Å². The SMILES string of the molecule is Cc1nc2nccc(-c3cc4c(CO[Si-](C)(C)C(C)(C)C)cccc4[nH]3)c2[nH]1. The van der Waals surface area contributed by atoms with E-state index < -0.39 is 8.32 Å². The van der Waals surface area contributed by atoms with Gasteiger partial charge in [-0.25, -0.2) is 9.97 Å². The zero-order valence-electron chi connectivity index (χ0n) is 17.5. The second-order valence-electron chi connectivity index (χ2n) is 8.99. The third-order valence-corrected chi connectivity index (χ3v) is 10.4. The molecule has 0 fully saturated rings. The summed E-state index contributed by atoms with van der Waals surface area (Å²) in [6.07, 6.45) is 1.81. The number of hydrogen-bond donors (Lipinski definition) is 2. The van der Waals surface area contributed by atoms with Crippen molar-refractivity contribution in [2.24, 2.45) is 0 Å². The third-order valence-electron chi connectivity index (χ3n) is 5.95. The number of fused-ring (bicyclic) bond motifs is 2. The van der Waals surface area contributed by atoms with Crippen LogP contribution >= 0.6 is 0 Å². The van der Waals surface area contributed by atoms with E-state index in [0.29, 0.717) is 6.61 Å². The molecule has 0 radical (unpaired) electrons. The van der Waals surface area contributed by atoms with Crippen molar-refractivity contribution in [3.63, 3.8) is 0 Å². The van der Waals surface area contributed by atoms with Crippen molar-refractivity contribution in [2.45, 2.75) is 52.4 Å². The minimum atomic E-state index is -1.80. The van der Waals surface area contributed by atoms with Gasteiger partial charge < -0.3 is 14.4 Å². The van der Waals surface area contributed by atoms with Gasteiger partial charge in [0.15, 0.2) is 5.65 Å². The van der Waals surface area contributed by atoms with Gasteiger partial charge in [0.25, 0.3) is 0 Å². The molecule has 0 atom stereocenters. The highest BCUT2D eigenvalue weighted by Crippen LogP contribution is 2.38. The van der Waals surface area contributed by atoms with Crippen molar-refractivity contribution in [3.8, 4) is 11.3 Å². The van der Waals surface area contributed by atoms with Gasteiger partial charge in [-0.3, -0.25) is 0 Å². The number of aryl methyl sites for hydroxylation is 1. The fraction of sp³-hybridized carbons (Fsp3) is 0.364. The summed E-state index contributed by atoms with van der Waals surface area (Å²) in [5, 5.41) is 1.41. The predicted octanol–water partition coefficient (Wildman–Crippen LogP) is 5.94. The molecule has 0 aliphatic rings. The van der Waals surface area contributed by atoms with E-state index in [4.69, 9.17) is 4.43 Å². The Morgan fingerprint density at radius 3 is 2.64 bits per heavy atom. The van der Waals surface area contributed by atoms with Crippen LogP contribution in [0.2, 0.25) is 18.1 Å². The quantitative estimate of drug-likeness (QED) is 0.423. The number of H-pyrrole nitrogens is 2. The third kappa shape index (κ3) is 3.27. The lowest BCUT2D eigenvalue weighted by Crippen LogP contribution is -2.40. The van der Waals surface area contributed by atoms with Gasteiger partial charge in [0.05, 0.1) is 5.52 Å². The van der Waals surface area contributed by atoms with E-state index in [-0.39, 0.29) is 5.04 Å². The van der Waals surface area contributed by atoms with Crippen LogP contribution in [0.15, 0.2) is 36.5 Å². The summed E-state index contributed by atoms with van der Waals surface area (Å²) < 4.78 is 6.48. The van der Waals surface area contributed by atoms with Crippen LogP contribution in [0, 0.1) is 6.92 Å². The van der Waals surface area contributed by atoms with E-state index in [1.54, 1.807) is 0 Å². The van der Waals surface area contributed by atoms with Crippen LogP contribution in [0.25, 0.3) is 33.3 Å². The molecule has 0 amide bonds. The van der Waals surface area contributed by atoms with E-state index in [9.17, 15) is 0 Å². The maximum absolute atomic E-state index is 6.48. The zero-order valence-corrected chi connectivity index (χ0v) is 18.5. The van der Waals surface area contributed by atoms with Crippen molar-refractivity contribution in [3.05, 3.63) is 47.9 Å². The number of imidazole rings is 1. The largest absolute Gasteiger partial charge is 0.561 e. The van der Waals surface area contributed by atoms with Crippen LogP contribution in [0.4, 0.5) is 0 Å². The van der Waals surface area contributed by atoms with E-state index >= 15 is 0 Å². The maximum atomic E-state index is 6.48. The summed E-state index contributed by atoms with van der Waals surface area (Å²) in [5.74, 6) is 0.870. The van der Waals surface area contributed by atoms with Gasteiger partial charge in [0.2, 0.25) is 0 Å². The molecule has 0 saturated carbocycles. The molecule has 2 N–H and O–H groups in total. The van der Waals surface area contributed by atoms with Crippen LogP contribution in [-0.2, 0) is 11.0 Å². The Bertz CT molecular complexity index is 1150. The van der Waals surface area contributed by atoms with Gasteiger partial charge >= 0.3 is 0 Å². The van der Waals surface area contributed by atoms with Crippen molar-refractivity contribution < 1.29 is 4.43 Å². The average molecular weight is 393 g/mol. The fourth-order valence-corrected chi connectivity index (χ4v) is 4.16. The van der Waals surface area contributed by atoms with Crippen molar-refractivity contribution in [2.75, 3.05) is 0 Å². The van der Waals surface area contributed by atoms with Crippen LogP contribution in [0.3, 0.4) is 0 Å². The van der Waals surface area contributed by atoms with Crippen LogP contribution in [-0.4, -0.2) is 28.3 Å². The van der Waals surface area contributed by atoms with Gasteiger partial charge in [-0.2, -0.15) is 0 Å². The highest BCUT2D eigenvalue weighted by atomic mass is 28.4. The summed E-state index contributed by atoms with van der Waals surface area (Å²) in [5.41, 5.74) is 6.19. The molecule has 1 aromatic carbocycles. The summed E-state index contributed by atoms with van der Waals surface area (Å²) >= 11 is 0. The minimum absolute atomic E-state index is 0.200. The second kappa shape index (κ2) is 6.57. The first-order valence-corrected chi connectivity index (χ1v) is 12.6. The normalized spacial score (nSPS) is 12.9. The number of nitrogens with one attached hydrogen (secondary N) is 2. The summed E-state index contributed by atoms with van der Waals surface area (Å²) in [6, 6.07) is 10.6. The molecule has 6 heteroatoms. The van der Waals surface area contributed by atoms with Crippen molar-refractivity contribution in [1.29, 1.82) is 0 Å². The number of nitrogens with zero attached hydrogens (tertiary/aromatic N) is 2. The van der Waals surface area contributed by atoms with E-state index in [0.717, 1.165) is 33.8 Å². The number of hydrogen-bond acceptors (Lipinski definition) is 3. The fourth-order valence-electron chi connectivity index (χ4n) is 3.21. The van der Waals surface area contributed by atoms with Crippen molar-refractivity contribution >= 4 is 30.4 Å². The number of pyridine rings is 1. The lowest BCUT2D eigenvalue weighted by Gasteiger charge is -2.48. The second-order valence-corrected chi connectivity index (χ2v) is 13.8. The highest BCUT2D eigenvalue weighted by Gasteiger charge is 2.25. The van der Waals surface area contributed by atoms with E-state index in [1.165, 1.54) is 10.9 Å². The molecule has 4 rings (SSSR count). The topological polar surface area (TPSA) is 66.6 Å². The van der Waals surface area contributed by atoms with Gasteiger partial charge in [-0.05, 0) is 39.0 Å². The van der Waals surface area contributed by atoms with Crippen LogP contribution < -0.4 is 0 Å². The zero-order chi connectivity index (χ0) is 20.1. The predicted molar refractivity (Wildman–Crippen MR) is 118 cm³/mol. The molecule has 28 heavy (non-hydrogen) atoms. The monoisotopic (exact) mass is 392 g/mol. The number of aromatic amines is 2. The molecule has 3 aromatic heterocycles. The number of aromatic nitrogens is 4. The first-order valence-electron chi connectivity index (χ1n) is 9.72. The molecule has 0 saturated heterocycles. The standard InChI is InChI=1S/C22H28N4OSi/c1-14-24-20-16(10-11-23-21(20)25-14)19-12-17-15(8-7-9-18(17)26-19)13-27-28(5,6)22(2,3)4/h7-12,26H,13H2,1-6H3,(H,23,24,25)/q-1. The number of benzene rings is 1. The summed E-state index contributed by atoms with van der Waals surface area (Å²) in [6.45, 7) is 14.0. The number of rotatable bonds is 4. The molecule has 0 aliphatic heterocycles. The first-order chi connectivity index (χ1) is 13.2. The molecule has 0 aliphatic carbocycles. The Morgan fingerprint density at radius 2 is 1.89 bits per heavy atom. The molecule has 147 valence electrons. The Kier molecular flexibility index (Phi) is 4.43. The van der Waals surface area contributed by atoms with Gasteiger partial charge in [0, 0.05) is 35.0 Å². The van der Waals surface area contributed by atoms with E-state index in [2.05, 4.69) is 78.1 Å². The average Bonchev–Trinajstić information content (AvgIpc) is 3.21. The van der Waals surface area contributed by atoms with Crippen LogP contribution in [0.5, 0.6) is 0 Å². The molecule has 0 spiro atoms. The first kappa shape index (κ1) is 18.9. The Morgan fingerprint density at radius 1 is 1.11 bits per heavy atom. The van der Waals surface area contributed by atoms with Gasteiger partial charge in [-0.15, -0.1) is 18.1 Å². The maximum Gasteiger partial charge on any atom is 0.178 e. The molecule has 0 bridgehead atoms. The van der Waals surface area contributed by atoms with Crippen molar-refractivity contribution in [1.82, 2.24) is 19.9 Å². The Labute approximate surface area is 166 Å². The molecule has 3 heterocycles. The molecule has 0 unspecified atom stereocenters. The molecular weight excluding hydrogens is 364 g/mol. The molecular formula is C22H28N4OSi-. The highest BCUT2D eigenvalue weighted by molar-refractivity contribution is 6.74. The Balaban J connectivity index is 1.73. The molecule has 4 aromatic rings. The smallest absolute Gasteiger partial charge is 0.178 e.